The van der Waals surface area contributed by atoms with Crippen molar-refractivity contribution in [2.75, 3.05) is 33.7 Å². The first kappa shape index (κ1) is 16.3. The fourth-order valence-corrected chi connectivity index (χ4v) is 3.57. The van der Waals surface area contributed by atoms with Crippen molar-refractivity contribution >= 4 is 17.3 Å². The van der Waals surface area contributed by atoms with Crippen LogP contribution in [-0.2, 0) is 6.42 Å². The zero-order chi connectivity index (χ0) is 14.9. The van der Waals surface area contributed by atoms with Gasteiger partial charge in [-0.2, -0.15) is 0 Å². The molecule has 0 atom stereocenters. The summed E-state index contributed by atoms with van der Waals surface area (Å²) in [5.74, 6) is 0.909. The number of likely N-dealkylation sites (N-methyl/N-ethyl adjacent to an activating group) is 1. The third-order valence-electron chi connectivity index (χ3n) is 4.17. The van der Waals surface area contributed by atoms with E-state index in [-0.39, 0.29) is 0 Å². The van der Waals surface area contributed by atoms with Gasteiger partial charge in [-0.15, -0.1) is 11.3 Å². The number of rotatable bonds is 7. The van der Waals surface area contributed by atoms with Crippen LogP contribution in [0.15, 0.2) is 22.5 Å². The van der Waals surface area contributed by atoms with Gasteiger partial charge < -0.3 is 15.5 Å². The lowest BCUT2D eigenvalue weighted by Gasteiger charge is -2.24. The molecule has 0 amide bonds. The molecule has 4 nitrogen and oxygen atoms in total. The van der Waals surface area contributed by atoms with Crippen LogP contribution < -0.4 is 10.6 Å². The van der Waals surface area contributed by atoms with E-state index in [0.29, 0.717) is 0 Å². The predicted octanol–water partition coefficient (Wildman–Crippen LogP) is 2.33. The van der Waals surface area contributed by atoms with Gasteiger partial charge >= 0.3 is 0 Å². The van der Waals surface area contributed by atoms with Crippen LogP contribution in [0.4, 0.5) is 0 Å². The van der Waals surface area contributed by atoms with E-state index in [0.717, 1.165) is 38.1 Å². The molecule has 0 spiro atoms. The van der Waals surface area contributed by atoms with E-state index in [2.05, 4.69) is 45.1 Å². The zero-order valence-electron chi connectivity index (χ0n) is 13.3. The number of hydrogen-bond donors (Lipinski definition) is 2. The van der Waals surface area contributed by atoms with Crippen molar-refractivity contribution in [1.29, 1.82) is 0 Å². The van der Waals surface area contributed by atoms with Gasteiger partial charge in [0.25, 0.3) is 0 Å². The molecule has 1 saturated carbocycles. The third-order valence-corrected chi connectivity index (χ3v) is 5.11. The van der Waals surface area contributed by atoms with Gasteiger partial charge in [-0.25, -0.2) is 0 Å². The fourth-order valence-electron chi connectivity index (χ4n) is 2.86. The van der Waals surface area contributed by atoms with Gasteiger partial charge in [0, 0.05) is 37.6 Å². The topological polar surface area (TPSA) is 39.7 Å². The molecule has 1 aliphatic rings. The second kappa shape index (κ2) is 9.05. The Balaban J connectivity index is 1.58. The summed E-state index contributed by atoms with van der Waals surface area (Å²) in [5.41, 5.74) is 0. The molecule has 2 rings (SSSR count). The molecule has 1 aliphatic carbocycles. The highest BCUT2D eigenvalue weighted by Gasteiger charge is 2.18. The van der Waals surface area contributed by atoms with Crippen LogP contribution in [0.1, 0.15) is 30.6 Å². The van der Waals surface area contributed by atoms with E-state index in [1.165, 1.54) is 30.6 Å². The van der Waals surface area contributed by atoms with Crippen LogP contribution in [0.5, 0.6) is 0 Å². The van der Waals surface area contributed by atoms with E-state index in [4.69, 9.17) is 0 Å². The maximum absolute atomic E-state index is 4.28. The molecule has 0 aliphatic heterocycles. The summed E-state index contributed by atoms with van der Waals surface area (Å²) in [7, 11) is 4.08. The molecule has 1 fully saturated rings. The minimum absolute atomic E-state index is 0.792. The lowest BCUT2D eigenvalue weighted by atomic mass is 10.2. The quantitative estimate of drug-likeness (QED) is 0.600. The Labute approximate surface area is 132 Å². The number of nitrogens with one attached hydrogen (secondary N) is 2. The standard InChI is InChI=1S/C16H28N4S/c1-17-16(18-10-9-15-8-5-13-21-15)19-11-12-20(2)14-6-3-4-7-14/h5,8,13-14H,3-4,6-7,9-12H2,1-2H3,(H2,17,18,19). The normalized spacial score (nSPS) is 16.6. The van der Waals surface area contributed by atoms with Gasteiger partial charge in [-0.1, -0.05) is 18.9 Å². The number of hydrogen-bond acceptors (Lipinski definition) is 3. The van der Waals surface area contributed by atoms with E-state index in [1.807, 2.05) is 18.4 Å². The fraction of sp³-hybridized carbons (Fsp3) is 0.688. The molecule has 5 heteroatoms. The van der Waals surface area contributed by atoms with Gasteiger partial charge in [0.05, 0.1) is 0 Å². The van der Waals surface area contributed by atoms with E-state index in [1.54, 1.807) is 0 Å². The maximum atomic E-state index is 4.28. The van der Waals surface area contributed by atoms with Crippen LogP contribution in [0, 0.1) is 0 Å². The van der Waals surface area contributed by atoms with Gasteiger partial charge in [0.15, 0.2) is 5.96 Å². The van der Waals surface area contributed by atoms with Crippen molar-refractivity contribution in [3.63, 3.8) is 0 Å². The SMILES string of the molecule is CN=C(NCCc1cccs1)NCCN(C)C1CCCC1. The molecule has 118 valence electrons. The number of nitrogens with zero attached hydrogens (tertiary/aromatic N) is 2. The average molecular weight is 308 g/mol. The maximum Gasteiger partial charge on any atom is 0.191 e. The molecule has 0 saturated heterocycles. The van der Waals surface area contributed by atoms with Crippen LogP contribution in [0.2, 0.25) is 0 Å². The van der Waals surface area contributed by atoms with Crippen LogP contribution in [0.3, 0.4) is 0 Å². The average Bonchev–Trinajstić information content (AvgIpc) is 3.18. The van der Waals surface area contributed by atoms with Gasteiger partial charge in [0.1, 0.15) is 0 Å². The summed E-state index contributed by atoms with van der Waals surface area (Å²) in [5, 5.41) is 8.91. The summed E-state index contributed by atoms with van der Waals surface area (Å²) in [6.45, 7) is 2.96. The minimum Gasteiger partial charge on any atom is -0.356 e. The Morgan fingerprint density at radius 1 is 1.33 bits per heavy atom. The lowest BCUT2D eigenvalue weighted by molar-refractivity contribution is 0.249. The molecule has 0 bridgehead atoms. The van der Waals surface area contributed by atoms with Crippen LogP contribution in [-0.4, -0.2) is 50.6 Å². The van der Waals surface area contributed by atoms with E-state index >= 15 is 0 Å². The monoisotopic (exact) mass is 308 g/mol. The summed E-state index contributed by atoms with van der Waals surface area (Å²) >= 11 is 1.81. The summed E-state index contributed by atoms with van der Waals surface area (Å²) in [6.07, 6.45) is 6.58. The van der Waals surface area contributed by atoms with Crippen molar-refractivity contribution in [3.8, 4) is 0 Å². The van der Waals surface area contributed by atoms with Gasteiger partial charge in [0.2, 0.25) is 0 Å². The molecule has 1 aromatic heterocycles. The Morgan fingerprint density at radius 2 is 2.10 bits per heavy atom. The molecule has 21 heavy (non-hydrogen) atoms. The molecule has 0 unspecified atom stereocenters. The van der Waals surface area contributed by atoms with Crippen molar-refractivity contribution in [1.82, 2.24) is 15.5 Å². The second-order valence-corrected chi connectivity index (χ2v) is 6.71. The molecular formula is C16H28N4S. The molecule has 0 radical (unpaired) electrons. The lowest BCUT2D eigenvalue weighted by Crippen LogP contribution is -2.43. The first-order chi connectivity index (χ1) is 10.3. The van der Waals surface area contributed by atoms with Crippen molar-refractivity contribution in [2.24, 2.45) is 4.99 Å². The molecule has 0 aromatic carbocycles. The first-order valence-electron chi connectivity index (χ1n) is 7.96. The highest BCUT2D eigenvalue weighted by Crippen LogP contribution is 2.21. The minimum atomic E-state index is 0.792. The Hall–Kier alpha value is -1.07. The highest BCUT2D eigenvalue weighted by atomic mass is 32.1. The number of guanidine groups is 1. The molecule has 1 aromatic rings. The first-order valence-corrected chi connectivity index (χ1v) is 8.84. The van der Waals surface area contributed by atoms with Crippen molar-refractivity contribution in [2.45, 2.75) is 38.1 Å². The highest BCUT2D eigenvalue weighted by molar-refractivity contribution is 7.09. The Bertz CT molecular complexity index is 410. The van der Waals surface area contributed by atoms with Crippen LogP contribution in [0.25, 0.3) is 0 Å². The zero-order valence-corrected chi connectivity index (χ0v) is 14.1. The Morgan fingerprint density at radius 3 is 2.76 bits per heavy atom. The summed E-state index contributed by atoms with van der Waals surface area (Å²) in [4.78, 5) is 8.18. The molecule has 2 N–H and O–H groups in total. The van der Waals surface area contributed by atoms with Crippen LogP contribution >= 0.6 is 11.3 Å². The van der Waals surface area contributed by atoms with Gasteiger partial charge in [-0.05, 0) is 37.8 Å². The third kappa shape index (κ3) is 5.67. The number of aliphatic imine (C=N–C) groups is 1. The number of thiophene rings is 1. The largest absolute Gasteiger partial charge is 0.356 e. The van der Waals surface area contributed by atoms with E-state index < -0.39 is 0 Å². The molecule has 1 heterocycles. The Kier molecular flexibility index (Phi) is 7.03. The summed E-state index contributed by atoms with van der Waals surface area (Å²) < 4.78 is 0. The second-order valence-electron chi connectivity index (χ2n) is 5.67. The smallest absolute Gasteiger partial charge is 0.191 e. The van der Waals surface area contributed by atoms with Crippen molar-refractivity contribution in [3.05, 3.63) is 22.4 Å². The van der Waals surface area contributed by atoms with Crippen molar-refractivity contribution < 1.29 is 0 Å². The van der Waals surface area contributed by atoms with Gasteiger partial charge in [-0.3, -0.25) is 4.99 Å². The molecular weight excluding hydrogens is 280 g/mol. The van der Waals surface area contributed by atoms with E-state index in [9.17, 15) is 0 Å². The predicted molar refractivity (Wildman–Crippen MR) is 92.3 cm³/mol. The summed E-state index contributed by atoms with van der Waals surface area (Å²) in [6, 6.07) is 5.07.